The van der Waals surface area contributed by atoms with Crippen LogP contribution in [0.1, 0.15) is 13.8 Å². The first-order valence-electron chi connectivity index (χ1n) is 5.16. The van der Waals surface area contributed by atoms with Gasteiger partial charge >= 0.3 is 5.97 Å². The van der Waals surface area contributed by atoms with Crippen LogP contribution in [0.25, 0.3) is 0 Å². The molecule has 0 bridgehead atoms. The van der Waals surface area contributed by atoms with Crippen molar-refractivity contribution in [1.82, 2.24) is 0 Å². The summed E-state index contributed by atoms with van der Waals surface area (Å²) in [4.78, 5) is 11.5. The quantitative estimate of drug-likeness (QED) is 0.622. The minimum absolute atomic E-state index is 0.0609. The number of rotatable bonds is 4. The predicted octanol–water partition coefficient (Wildman–Crippen LogP) is 1.58. The van der Waals surface area contributed by atoms with E-state index in [9.17, 15) is 4.79 Å². The average molecular weight is 223 g/mol. The number of benzene rings is 1. The van der Waals surface area contributed by atoms with Crippen LogP contribution < -0.4 is 15.2 Å². The maximum absolute atomic E-state index is 11.5. The zero-order valence-electron chi connectivity index (χ0n) is 9.77. The van der Waals surface area contributed by atoms with Gasteiger partial charge in [0.05, 0.1) is 7.11 Å². The van der Waals surface area contributed by atoms with E-state index < -0.39 is 12.0 Å². The Labute approximate surface area is 95.3 Å². The van der Waals surface area contributed by atoms with Gasteiger partial charge in [0.2, 0.25) is 0 Å². The Morgan fingerprint density at radius 3 is 2.12 bits per heavy atom. The van der Waals surface area contributed by atoms with E-state index in [1.54, 1.807) is 31.4 Å². The molecule has 1 aromatic rings. The lowest BCUT2D eigenvalue weighted by atomic mass is 10.1. The van der Waals surface area contributed by atoms with Gasteiger partial charge in [0.25, 0.3) is 0 Å². The lowest BCUT2D eigenvalue weighted by Crippen LogP contribution is -2.38. The smallest absolute Gasteiger partial charge is 0.328 e. The molecule has 0 spiro atoms. The fraction of sp³-hybridized carbons (Fsp3) is 0.417. The molecule has 0 radical (unpaired) electrons. The Bertz CT molecular complexity index is 346. The first kappa shape index (κ1) is 12.5. The van der Waals surface area contributed by atoms with E-state index >= 15 is 0 Å². The van der Waals surface area contributed by atoms with E-state index in [4.69, 9.17) is 15.2 Å². The molecule has 88 valence electrons. The van der Waals surface area contributed by atoms with Crippen molar-refractivity contribution in [3.8, 4) is 11.5 Å². The van der Waals surface area contributed by atoms with E-state index in [1.165, 1.54) is 0 Å². The molecular weight excluding hydrogens is 206 g/mol. The minimum Gasteiger partial charge on any atom is -0.497 e. The highest BCUT2D eigenvalue weighted by atomic mass is 16.5. The Morgan fingerprint density at radius 1 is 1.19 bits per heavy atom. The first-order valence-corrected chi connectivity index (χ1v) is 5.16. The molecule has 1 rings (SSSR count). The van der Waals surface area contributed by atoms with Crippen molar-refractivity contribution in [3.63, 3.8) is 0 Å². The Balaban J connectivity index is 2.62. The maximum Gasteiger partial charge on any atom is 0.328 e. The van der Waals surface area contributed by atoms with Crippen LogP contribution in [-0.2, 0) is 4.79 Å². The monoisotopic (exact) mass is 223 g/mol. The third-order valence-electron chi connectivity index (χ3n) is 2.27. The number of hydrogen-bond acceptors (Lipinski definition) is 4. The molecule has 0 aromatic heterocycles. The number of carbonyl (C=O) groups is 1. The molecule has 2 N–H and O–H groups in total. The molecule has 1 atom stereocenters. The van der Waals surface area contributed by atoms with Crippen molar-refractivity contribution < 1.29 is 14.3 Å². The topological polar surface area (TPSA) is 61.5 Å². The van der Waals surface area contributed by atoms with Crippen LogP contribution in [0.3, 0.4) is 0 Å². The molecule has 0 heterocycles. The number of esters is 1. The zero-order chi connectivity index (χ0) is 12.1. The summed E-state index contributed by atoms with van der Waals surface area (Å²) in [7, 11) is 1.58. The van der Waals surface area contributed by atoms with Gasteiger partial charge in [-0.15, -0.1) is 0 Å². The number of hydrogen-bond donors (Lipinski definition) is 1. The average Bonchev–Trinajstić information content (AvgIpc) is 2.28. The summed E-state index contributed by atoms with van der Waals surface area (Å²) in [6.45, 7) is 3.75. The van der Waals surface area contributed by atoms with Gasteiger partial charge in [-0.2, -0.15) is 0 Å². The van der Waals surface area contributed by atoms with Crippen molar-refractivity contribution in [2.75, 3.05) is 7.11 Å². The second-order valence-electron chi connectivity index (χ2n) is 3.87. The van der Waals surface area contributed by atoms with Crippen LogP contribution in [0.5, 0.6) is 11.5 Å². The molecule has 0 aliphatic carbocycles. The summed E-state index contributed by atoms with van der Waals surface area (Å²) in [5.74, 6) is 0.834. The second kappa shape index (κ2) is 5.51. The Kier molecular flexibility index (Phi) is 4.31. The van der Waals surface area contributed by atoms with E-state index in [2.05, 4.69) is 0 Å². The molecule has 4 heteroatoms. The van der Waals surface area contributed by atoms with Gasteiger partial charge in [-0.05, 0) is 30.2 Å². The van der Waals surface area contributed by atoms with E-state index in [0.29, 0.717) is 11.5 Å². The second-order valence-corrected chi connectivity index (χ2v) is 3.87. The molecule has 0 saturated heterocycles. The molecule has 0 fully saturated rings. The standard InChI is InChI=1S/C12H17NO3/c1-8(2)11(13)12(14)16-10-6-4-9(15-3)5-7-10/h4-8,11H,13H2,1-3H3/t11-/m0/s1. The third kappa shape index (κ3) is 3.24. The van der Waals surface area contributed by atoms with Crippen molar-refractivity contribution >= 4 is 5.97 Å². The van der Waals surface area contributed by atoms with E-state index in [-0.39, 0.29) is 5.92 Å². The van der Waals surface area contributed by atoms with Crippen LogP contribution in [-0.4, -0.2) is 19.1 Å². The van der Waals surface area contributed by atoms with Gasteiger partial charge in [-0.3, -0.25) is 0 Å². The van der Waals surface area contributed by atoms with Gasteiger partial charge in [0.1, 0.15) is 17.5 Å². The molecule has 0 unspecified atom stereocenters. The summed E-state index contributed by atoms with van der Waals surface area (Å²) in [5.41, 5.74) is 5.66. The van der Waals surface area contributed by atoms with Crippen LogP contribution in [0.2, 0.25) is 0 Å². The number of ether oxygens (including phenoxy) is 2. The fourth-order valence-electron chi connectivity index (χ4n) is 1.10. The van der Waals surface area contributed by atoms with Crippen molar-refractivity contribution in [2.45, 2.75) is 19.9 Å². The van der Waals surface area contributed by atoms with Crippen molar-refractivity contribution in [1.29, 1.82) is 0 Å². The minimum atomic E-state index is -0.595. The molecular formula is C12H17NO3. The number of nitrogens with two attached hydrogens (primary N) is 1. The molecule has 0 amide bonds. The van der Waals surface area contributed by atoms with Gasteiger partial charge in [0, 0.05) is 0 Å². The van der Waals surface area contributed by atoms with Crippen LogP contribution >= 0.6 is 0 Å². The SMILES string of the molecule is COc1ccc(OC(=O)[C@@H](N)C(C)C)cc1. The molecule has 1 aromatic carbocycles. The Morgan fingerprint density at radius 2 is 1.69 bits per heavy atom. The zero-order valence-corrected chi connectivity index (χ0v) is 9.77. The first-order chi connectivity index (χ1) is 7.54. The lowest BCUT2D eigenvalue weighted by Gasteiger charge is -2.14. The molecule has 0 saturated carbocycles. The van der Waals surface area contributed by atoms with Gasteiger partial charge < -0.3 is 15.2 Å². The highest BCUT2D eigenvalue weighted by Crippen LogP contribution is 2.17. The van der Waals surface area contributed by atoms with Crippen LogP contribution in [0, 0.1) is 5.92 Å². The predicted molar refractivity (Wildman–Crippen MR) is 61.4 cm³/mol. The lowest BCUT2D eigenvalue weighted by molar-refractivity contribution is -0.136. The number of carbonyl (C=O) groups excluding carboxylic acids is 1. The maximum atomic E-state index is 11.5. The molecule has 4 nitrogen and oxygen atoms in total. The van der Waals surface area contributed by atoms with Gasteiger partial charge in [-0.1, -0.05) is 13.8 Å². The highest BCUT2D eigenvalue weighted by molar-refractivity contribution is 5.78. The van der Waals surface area contributed by atoms with E-state index in [1.807, 2.05) is 13.8 Å². The largest absolute Gasteiger partial charge is 0.497 e. The van der Waals surface area contributed by atoms with Gasteiger partial charge in [-0.25, -0.2) is 4.79 Å². The molecule has 0 aliphatic rings. The summed E-state index contributed by atoms with van der Waals surface area (Å²) >= 11 is 0. The third-order valence-corrected chi connectivity index (χ3v) is 2.27. The fourth-order valence-corrected chi connectivity index (χ4v) is 1.10. The van der Waals surface area contributed by atoms with Crippen molar-refractivity contribution in [2.24, 2.45) is 11.7 Å². The Hall–Kier alpha value is -1.55. The van der Waals surface area contributed by atoms with Crippen molar-refractivity contribution in [3.05, 3.63) is 24.3 Å². The normalized spacial score (nSPS) is 12.3. The summed E-state index contributed by atoms with van der Waals surface area (Å²) in [6.07, 6.45) is 0. The summed E-state index contributed by atoms with van der Waals surface area (Å²) < 4.78 is 10.1. The number of methoxy groups -OCH3 is 1. The van der Waals surface area contributed by atoms with Gasteiger partial charge in [0.15, 0.2) is 0 Å². The van der Waals surface area contributed by atoms with Crippen LogP contribution in [0.15, 0.2) is 24.3 Å². The molecule has 0 aliphatic heterocycles. The highest BCUT2D eigenvalue weighted by Gasteiger charge is 2.19. The molecule has 16 heavy (non-hydrogen) atoms. The van der Waals surface area contributed by atoms with E-state index in [0.717, 1.165) is 0 Å². The summed E-state index contributed by atoms with van der Waals surface area (Å²) in [6, 6.07) is 6.20. The van der Waals surface area contributed by atoms with Crippen LogP contribution in [0.4, 0.5) is 0 Å². The summed E-state index contributed by atoms with van der Waals surface area (Å²) in [5, 5.41) is 0.